The van der Waals surface area contributed by atoms with E-state index < -0.39 is 10.0 Å². The van der Waals surface area contributed by atoms with Crippen molar-refractivity contribution in [1.29, 1.82) is 0 Å². The highest BCUT2D eigenvalue weighted by molar-refractivity contribution is 7.89. The maximum atomic E-state index is 12.9. The molecule has 0 spiro atoms. The van der Waals surface area contributed by atoms with Crippen LogP contribution < -0.4 is 5.73 Å². The lowest BCUT2D eigenvalue weighted by molar-refractivity contribution is 0.382. The first-order valence-electron chi connectivity index (χ1n) is 7.82. The van der Waals surface area contributed by atoms with Gasteiger partial charge in [-0.1, -0.05) is 12.1 Å². The molecule has 0 heterocycles. The minimum Gasteiger partial charge on any atom is -0.324 e. The molecular weight excluding hydrogens is 284 g/mol. The Morgan fingerprint density at radius 3 is 2.24 bits per heavy atom. The lowest BCUT2D eigenvalue weighted by atomic mass is 10.1. The van der Waals surface area contributed by atoms with Gasteiger partial charge in [0.05, 0.1) is 4.90 Å². The van der Waals surface area contributed by atoms with Gasteiger partial charge in [-0.2, -0.15) is 4.31 Å². The molecule has 0 bridgehead atoms. The van der Waals surface area contributed by atoms with E-state index in [-0.39, 0.29) is 6.04 Å². The zero-order chi connectivity index (χ0) is 15.0. The first-order chi connectivity index (χ1) is 9.96. The third kappa shape index (κ3) is 3.65. The van der Waals surface area contributed by atoms with E-state index in [1.54, 1.807) is 22.5 Å². The van der Waals surface area contributed by atoms with Gasteiger partial charge >= 0.3 is 0 Å². The fourth-order valence-corrected chi connectivity index (χ4v) is 4.20. The Morgan fingerprint density at radius 2 is 1.76 bits per heavy atom. The van der Waals surface area contributed by atoms with Gasteiger partial charge in [0.2, 0.25) is 10.0 Å². The lowest BCUT2D eigenvalue weighted by Crippen LogP contribution is -2.34. The smallest absolute Gasteiger partial charge is 0.243 e. The van der Waals surface area contributed by atoms with Crippen LogP contribution in [0.25, 0.3) is 0 Å². The van der Waals surface area contributed by atoms with Crippen LogP contribution in [0.3, 0.4) is 0 Å². The zero-order valence-corrected chi connectivity index (χ0v) is 13.3. The van der Waals surface area contributed by atoms with Gasteiger partial charge in [-0.05, 0) is 62.1 Å². The van der Waals surface area contributed by atoms with Crippen molar-refractivity contribution in [3.05, 3.63) is 29.8 Å². The quantitative estimate of drug-likeness (QED) is 0.842. The number of sulfonamides is 1. The highest BCUT2D eigenvalue weighted by Gasteiger charge is 2.35. The van der Waals surface area contributed by atoms with Crippen LogP contribution in [0.15, 0.2) is 29.2 Å². The van der Waals surface area contributed by atoms with Gasteiger partial charge in [0.25, 0.3) is 0 Å². The Bertz CT molecular complexity index is 590. The van der Waals surface area contributed by atoms with Crippen molar-refractivity contribution in [1.82, 2.24) is 4.31 Å². The number of nitrogens with two attached hydrogens (primary N) is 1. The van der Waals surface area contributed by atoms with E-state index >= 15 is 0 Å². The van der Waals surface area contributed by atoms with E-state index in [9.17, 15) is 8.42 Å². The van der Waals surface area contributed by atoms with Crippen LogP contribution in [0.4, 0.5) is 0 Å². The minimum absolute atomic E-state index is 0.152. The van der Waals surface area contributed by atoms with Gasteiger partial charge in [-0.25, -0.2) is 8.42 Å². The van der Waals surface area contributed by atoms with E-state index in [0.717, 1.165) is 31.2 Å². The first kappa shape index (κ1) is 15.0. The molecule has 0 radical (unpaired) electrons. The van der Waals surface area contributed by atoms with Crippen molar-refractivity contribution >= 4 is 10.0 Å². The number of rotatable bonds is 7. The topological polar surface area (TPSA) is 63.4 Å². The van der Waals surface area contributed by atoms with Gasteiger partial charge in [0, 0.05) is 19.1 Å². The van der Waals surface area contributed by atoms with Crippen LogP contribution in [-0.4, -0.2) is 25.8 Å². The van der Waals surface area contributed by atoms with Crippen LogP contribution >= 0.6 is 0 Å². The zero-order valence-electron chi connectivity index (χ0n) is 12.5. The number of hydrogen-bond acceptors (Lipinski definition) is 3. The highest BCUT2D eigenvalue weighted by Crippen LogP contribution is 2.36. The molecule has 1 aromatic rings. The summed E-state index contributed by atoms with van der Waals surface area (Å²) in [4.78, 5) is 0.388. The van der Waals surface area contributed by atoms with Gasteiger partial charge in [-0.3, -0.25) is 0 Å². The molecule has 1 aromatic carbocycles. The second-order valence-corrected chi connectivity index (χ2v) is 8.51. The Labute approximate surface area is 127 Å². The second kappa shape index (κ2) is 5.71. The molecule has 0 aliphatic heterocycles. The van der Waals surface area contributed by atoms with Crippen LogP contribution in [0.1, 0.15) is 44.2 Å². The summed E-state index contributed by atoms with van der Waals surface area (Å²) in [5.74, 6) is 1.13. The molecule has 2 aliphatic carbocycles. The third-order valence-corrected chi connectivity index (χ3v) is 6.17. The van der Waals surface area contributed by atoms with Crippen LogP contribution in [0.5, 0.6) is 0 Å². The second-order valence-electron chi connectivity index (χ2n) is 6.57. The Morgan fingerprint density at radius 1 is 1.19 bits per heavy atom. The minimum atomic E-state index is -3.39. The van der Waals surface area contributed by atoms with Gasteiger partial charge in [-0.15, -0.1) is 0 Å². The Hall–Kier alpha value is -0.910. The summed E-state index contributed by atoms with van der Waals surface area (Å²) in [6.45, 7) is 3.24. The van der Waals surface area contributed by atoms with Gasteiger partial charge in [0.15, 0.2) is 0 Å². The molecule has 0 aromatic heterocycles. The molecule has 5 heteroatoms. The molecule has 3 rings (SSSR count). The first-order valence-corrected chi connectivity index (χ1v) is 9.26. The molecule has 2 N–H and O–H groups in total. The average Bonchev–Trinajstić information content (AvgIpc) is 3.33. The summed E-state index contributed by atoms with van der Waals surface area (Å²) in [7, 11) is -3.39. The highest BCUT2D eigenvalue weighted by atomic mass is 32.2. The van der Waals surface area contributed by atoms with Crippen molar-refractivity contribution in [2.24, 2.45) is 17.6 Å². The summed E-state index contributed by atoms with van der Waals surface area (Å²) < 4.78 is 27.5. The maximum absolute atomic E-state index is 12.9. The molecule has 1 unspecified atom stereocenters. The van der Waals surface area contributed by atoms with Crippen molar-refractivity contribution in [2.45, 2.75) is 43.5 Å². The molecule has 4 nitrogen and oxygen atoms in total. The summed E-state index contributed by atoms with van der Waals surface area (Å²) in [5.41, 5.74) is 6.74. The van der Waals surface area contributed by atoms with Crippen molar-refractivity contribution < 1.29 is 8.42 Å². The fourth-order valence-electron chi connectivity index (χ4n) is 2.55. The van der Waals surface area contributed by atoms with Crippen molar-refractivity contribution in [3.8, 4) is 0 Å². The molecule has 2 saturated carbocycles. The Balaban J connectivity index is 1.86. The maximum Gasteiger partial charge on any atom is 0.243 e. The summed E-state index contributed by atoms with van der Waals surface area (Å²) in [6.07, 6.45) is 4.65. The number of benzene rings is 1. The number of nitrogens with zero attached hydrogens (tertiary/aromatic N) is 1. The Kier molecular flexibility index (Phi) is 4.08. The van der Waals surface area contributed by atoms with Gasteiger partial charge < -0.3 is 5.73 Å². The van der Waals surface area contributed by atoms with Gasteiger partial charge in [0.1, 0.15) is 0 Å². The fraction of sp³-hybridized carbons (Fsp3) is 0.625. The molecular formula is C16H24N2O2S. The standard InChI is InChI=1S/C16H24N2O2S/c1-12(17)15-3-2-4-16(9-15)21(19,20)18(10-13-5-6-13)11-14-7-8-14/h2-4,9,12-14H,5-8,10-11,17H2,1H3. The van der Waals surface area contributed by atoms with Crippen LogP contribution in [0.2, 0.25) is 0 Å². The summed E-state index contributed by atoms with van der Waals surface area (Å²) >= 11 is 0. The molecule has 1 atom stereocenters. The van der Waals surface area contributed by atoms with E-state index in [1.807, 2.05) is 13.0 Å². The third-order valence-electron chi connectivity index (χ3n) is 4.34. The average molecular weight is 308 g/mol. The monoisotopic (exact) mass is 308 g/mol. The molecule has 0 saturated heterocycles. The molecule has 116 valence electrons. The normalized spacial score (nSPS) is 20.7. The van der Waals surface area contributed by atoms with Crippen molar-refractivity contribution in [2.75, 3.05) is 13.1 Å². The molecule has 2 aliphatic rings. The summed E-state index contributed by atoms with van der Waals surface area (Å²) in [5, 5.41) is 0. The molecule has 21 heavy (non-hydrogen) atoms. The largest absolute Gasteiger partial charge is 0.324 e. The van der Waals surface area contributed by atoms with E-state index in [1.165, 1.54) is 0 Å². The lowest BCUT2D eigenvalue weighted by Gasteiger charge is -2.22. The number of hydrogen-bond donors (Lipinski definition) is 1. The van der Waals surface area contributed by atoms with E-state index in [4.69, 9.17) is 5.73 Å². The van der Waals surface area contributed by atoms with E-state index in [2.05, 4.69) is 0 Å². The molecule has 2 fully saturated rings. The predicted octanol–water partition coefficient (Wildman–Crippen LogP) is 2.52. The molecule has 0 amide bonds. The predicted molar refractivity (Wildman–Crippen MR) is 83.3 cm³/mol. The van der Waals surface area contributed by atoms with Crippen LogP contribution in [0, 0.1) is 11.8 Å². The van der Waals surface area contributed by atoms with E-state index in [0.29, 0.717) is 29.8 Å². The SMILES string of the molecule is CC(N)c1cccc(S(=O)(=O)N(CC2CC2)CC2CC2)c1. The van der Waals surface area contributed by atoms with Crippen LogP contribution in [-0.2, 0) is 10.0 Å². The van der Waals surface area contributed by atoms with Crippen molar-refractivity contribution in [3.63, 3.8) is 0 Å². The summed E-state index contributed by atoms with van der Waals surface area (Å²) in [6, 6.07) is 6.94.